The monoisotopic (exact) mass is 320 g/mol. The van der Waals surface area contributed by atoms with Crippen LogP contribution >= 0.6 is 22.6 Å². The van der Waals surface area contributed by atoms with Crippen LogP contribution in [0.25, 0.3) is 0 Å². The Hall–Kier alpha value is -0.630. The second-order valence-corrected chi connectivity index (χ2v) is 4.95. The molecular weight excluding hydrogens is 307 g/mol. The number of anilines is 1. The molecule has 0 aliphatic heterocycles. The first-order valence-electron chi connectivity index (χ1n) is 4.89. The van der Waals surface area contributed by atoms with E-state index in [1.807, 2.05) is 22.6 Å². The third-order valence-corrected chi connectivity index (χ3v) is 3.63. The van der Waals surface area contributed by atoms with Gasteiger partial charge in [-0.15, -0.1) is 0 Å². The Kier molecular flexibility index (Phi) is 3.25. The molecule has 0 saturated heterocycles. The van der Waals surface area contributed by atoms with Crippen molar-refractivity contribution in [3.63, 3.8) is 0 Å². The highest BCUT2D eigenvalue weighted by molar-refractivity contribution is 14.1. The van der Waals surface area contributed by atoms with Crippen molar-refractivity contribution < 1.29 is 0 Å². The molecule has 6 heteroatoms. The maximum Gasteiger partial charge on any atom is 0.266 e. The van der Waals surface area contributed by atoms with Crippen LogP contribution in [-0.4, -0.2) is 22.6 Å². The number of hydrogen-bond acceptors (Lipinski definition) is 4. The molecule has 4 N–H and O–H groups in total. The van der Waals surface area contributed by atoms with Gasteiger partial charge in [0, 0.05) is 12.6 Å². The Labute approximate surface area is 101 Å². The number of rotatable bonds is 3. The molecule has 0 radical (unpaired) electrons. The minimum atomic E-state index is -0.0987. The molecular formula is C9H13IN4O. The highest BCUT2D eigenvalue weighted by Gasteiger charge is 2.25. The fourth-order valence-corrected chi connectivity index (χ4v) is 2.19. The summed E-state index contributed by atoms with van der Waals surface area (Å²) in [7, 11) is 0. The number of nitrogens with zero attached hydrogens (tertiary/aromatic N) is 1. The van der Waals surface area contributed by atoms with Crippen molar-refractivity contribution >= 4 is 28.4 Å². The Bertz CT molecular complexity index is 399. The Morgan fingerprint density at radius 1 is 1.67 bits per heavy atom. The molecule has 0 bridgehead atoms. The lowest BCUT2D eigenvalue weighted by Gasteiger charge is -2.32. The van der Waals surface area contributed by atoms with Crippen molar-refractivity contribution in [3.05, 3.63) is 20.3 Å². The smallest absolute Gasteiger partial charge is 0.266 e. The maximum atomic E-state index is 11.3. The number of aromatic nitrogens is 2. The third kappa shape index (κ3) is 2.49. The second-order valence-electron chi connectivity index (χ2n) is 3.87. The van der Waals surface area contributed by atoms with Crippen LogP contribution in [0.4, 0.5) is 5.82 Å². The van der Waals surface area contributed by atoms with E-state index in [-0.39, 0.29) is 5.56 Å². The molecule has 0 aromatic carbocycles. The number of hydrogen-bond donors (Lipinski definition) is 3. The number of nitrogens with one attached hydrogen (secondary N) is 2. The highest BCUT2D eigenvalue weighted by atomic mass is 127. The van der Waals surface area contributed by atoms with Gasteiger partial charge >= 0.3 is 0 Å². The van der Waals surface area contributed by atoms with Crippen molar-refractivity contribution in [2.45, 2.75) is 18.9 Å². The number of halogens is 1. The lowest BCUT2D eigenvalue weighted by Crippen LogP contribution is -2.39. The summed E-state index contributed by atoms with van der Waals surface area (Å²) in [5.74, 6) is 1.29. The van der Waals surface area contributed by atoms with Gasteiger partial charge in [0.05, 0.1) is 6.33 Å². The highest BCUT2D eigenvalue weighted by Crippen LogP contribution is 2.25. The van der Waals surface area contributed by atoms with Crippen LogP contribution in [0.15, 0.2) is 11.1 Å². The van der Waals surface area contributed by atoms with E-state index in [2.05, 4.69) is 15.3 Å². The van der Waals surface area contributed by atoms with E-state index in [1.165, 1.54) is 6.33 Å². The van der Waals surface area contributed by atoms with Crippen LogP contribution in [-0.2, 0) is 0 Å². The lowest BCUT2D eigenvalue weighted by molar-refractivity contribution is 0.280. The number of H-pyrrole nitrogens is 1. The summed E-state index contributed by atoms with van der Waals surface area (Å²) in [6.07, 6.45) is 3.54. The first kappa shape index (κ1) is 10.9. The molecule has 1 aromatic rings. The molecule has 1 aliphatic carbocycles. The van der Waals surface area contributed by atoms with Gasteiger partial charge in [-0.05, 0) is 41.4 Å². The Morgan fingerprint density at radius 2 is 2.40 bits per heavy atom. The Balaban J connectivity index is 1.93. The lowest BCUT2D eigenvalue weighted by atomic mass is 9.81. The van der Waals surface area contributed by atoms with Gasteiger partial charge in [-0.3, -0.25) is 4.79 Å². The standard InChI is InChI=1S/C9H13IN4O/c10-7-8(13-4-14-9(7)15)12-3-5-1-6(11)2-5/h4-6H,1-3,11H2,(H2,12,13,14,15). The molecule has 0 atom stereocenters. The quantitative estimate of drug-likeness (QED) is 0.709. The summed E-state index contributed by atoms with van der Waals surface area (Å²) in [6, 6.07) is 0.364. The van der Waals surface area contributed by atoms with Gasteiger partial charge in [0.25, 0.3) is 5.56 Å². The summed E-state index contributed by atoms with van der Waals surface area (Å²) < 4.78 is 0.610. The van der Waals surface area contributed by atoms with Crippen LogP contribution in [0.3, 0.4) is 0 Å². The minimum Gasteiger partial charge on any atom is -0.369 e. The molecule has 1 fully saturated rings. The van der Waals surface area contributed by atoms with Gasteiger partial charge in [-0.25, -0.2) is 4.98 Å². The third-order valence-electron chi connectivity index (χ3n) is 2.63. The SMILES string of the molecule is NC1CC(CNc2nc[nH]c(=O)c2I)C1. The van der Waals surface area contributed by atoms with E-state index < -0.39 is 0 Å². The molecule has 1 saturated carbocycles. The molecule has 1 heterocycles. The van der Waals surface area contributed by atoms with Gasteiger partial charge in [0.15, 0.2) is 0 Å². The summed E-state index contributed by atoms with van der Waals surface area (Å²) >= 11 is 1.99. The predicted octanol–water partition coefficient (Wildman–Crippen LogP) is 0.524. The molecule has 15 heavy (non-hydrogen) atoms. The number of aromatic amines is 1. The van der Waals surface area contributed by atoms with Gasteiger partial charge in [-0.1, -0.05) is 0 Å². The van der Waals surface area contributed by atoms with Crippen LogP contribution in [0.1, 0.15) is 12.8 Å². The van der Waals surface area contributed by atoms with E-state index in [4.69, 9.17) is 5.73 Å². The van der Waals surface area contributed by atoms with E-state index in [1.54, 1.807) is 0 Å². The largest absolute Gasteiger partial charge is 0.369 e. The van der Waals surface area contributed by atoms with E-state index >= 15 is 0 Å². The Morgan fingerprint density at radius 3 is 3.07 bits per heavy atom. The van der Waals surface area contributed by atoms with E-state index in [9.17, 15) is 4.79 Å². The normalized spacial score (nSPS) is 24.7. The van der Waals surface area contributed by atoms with E-state index in [0.29, 0.717) is 21.3 Å². The average molecular weight is 320 g/mol. The zero-order valence-corrected chi connectivity index (χ0v) is 10.3. The summed E-state index contributed by atoms with van der Waals surface area (Å²) in [4.78, 5) is 17.9. The molecule has 0 amide bonds. The van der Waals surface area contributed by atoms with Gasteiger partial charge < -0.3 is 16.0 Å². The molecule has 2 rings (SSSR count). The first-order chi connectivity index (χ1) is 7.16. The zero-order chi connectivity index (χ0) is 10.8. The van der Waals surface area contributed by atoms with Crippen molar-refractivity contribution in [1.29, 1.82) is 0 Å². The molecule has 1 aromatic heterocycles. The van der Waals surface area contributed by atoms with Crippen LogP contribution in [0, 0.1) is 9.49 Å². The second kappa shape index (κ2) is 4.48. The van der Waals surface area contributed by atoms with Crippen molar-refractivity contribution in [3.8, 4) is 0 Å². The van der Waals surface area contributed by atoms with Gasteiger partial charge in [-0.2, -0.15) is 0 Å². The zero-order valence-electron chi connectivity index (χ0n) is 8.16. The first-order valence-corrected chi connectivity index (χ1v) is 5.97. The molecule has 82 valence electrons. The average Bonchev–Trinajstić information content (AvgIpc) is 2.17. The maximum absolute atomic E-state index is 11.3. The molecule has 0 unspecified atom stereocenters. The van der Waals surface area contributed by atoms with Crippen LogP contribution in [0.5, 0.6) is 0 Å². The van der Waals surface area contributed by atoms with E-state index in [0.717, 1.165) is 19.4 Å². The number of nitrogens with two attached hydrogens (primary N) is 1. The van der Waals surface area contributed by atoms with Crippen LogP contribution in [0.2, 0.25) is 0 Å². The summed E-state index contributed by atoms with van der Waals surface area (Å²) in [5.41, 5.74) is 5.59. The summed E-state index contributed by atoms with van der Waals surface area (Å²) in [6.45, 7) is 0.847. The molecule has 0 spiro atoms. The fourth-order valence-electron chi connectivity index (χ4n) is 1.70. The van der Waals surface area contributed by atoms with Gasteiger partial charge in [0.2, 0.25) is 0 Å². The van der Waals surface area contributed by atoms with Crippen molar-refractivity contribution in [1.82, 2.24) is 9.97 Å². The van der Waals surface area contributed by atoms with Crippen molar-refractivity contribution in [2.75, 3.05) is 11.9 Å². The summed E-state index contributed by atoms with van der Waals surface area (Å²) in [5, 5.41) is 3.18. The predicted molar refractivity (Wildman–Crippen MR) is 66.8 cm³/mol. The fraction of sp³-hybridized carbons (Fsp3) is 0.556. The van der Waals surface area contributed by atoms with Crippen molar-refractivity contribution in [2.24, 2.45) is 11.7 Å². The molecule has 5 nitrogen and oxygen atoms in total. The minimum absolute atomic E-state index is 0.0987. The molecule has 1 aliphatic rings. The van der Waals surface area contributed by atoms with Crippen LogP contribution < -0.4 is 16.6 Å². The topological polar surface area (TPSA) is 83.8 Å². The van der Waals surface area contributed by atoms with Gasteiger partial charge in [0.1, 0.15) is 9.39 Å².